The summed E-state index contributed by atoms with van der Waals surface area (Å²) in [7, 11) is 0. The Morgan fingerprint density at radius 3 is 3.27 bits per heavy atom. The Kier molecular flexibility index (Phi) is 2.92. The highest BCUT2D eigenvalue weighted by atomic mass is 16.3. The number of aryl methyl sites for hydroxylation is 1. The van der Waals surface area contributed by atoms with Gasteiger partial charge in [-0.05, 0) is 25.0 Å². The lowest BCUT2D eigenvalue weighted by molar-refractivity contribution is -0.109. The number of oxazole rings is 1. The zero-order chi connectivity index (χ0) is 10.5. The lowest BCUT2D eigenvalue weighted by Gasteiger charge is -1.99. The van der Waals surface area contributed by atoms with Crippen molar-refractivity contribution in [3.05, 3.63) is 24.2 Å². The quantitative estimate of drug-likeness (QED) is 0.581. The molecule has 0 unspecified atom stereocenters. The number of hydrogen-bond acceptors (Lipinski definition) is 4. The maximum atomic E-state index is 10.0. The average Bonchev–Trinajstić information content (AvgIpc) is 2.71. The van der Waals surface area contributed by atoms with Crippen LogP contribution in [0.3, 0.4) is 0 Å². The van der Waals surface area contributed by atoms with Gasteiger partial charge >= 0.3 is 0 Å². The first kappa shape index (κ1) is 9.64. The van der Waals surface area contributed by atoms with Crippen molar-refractivity contribution in [2.75, 3.05) is 6.54 Å². The zero-order valence-corrected chi connectivity index (χ0v) is 8.14. The van der Waals surface area contributed by atoms with Crippen molar-refractivity contribution in [2.45, 2.75) is 12.8 Å². The van der Waals surface area contributed by atoms with E-state index in [4.69, 9.17) is 4.42 Å². The molecule has 0 aliphatic heterocycles. The molecule has 78 valence electrons. The van der Waals surface area contributed by atoms with Crippen molar-refractivity contribution in [1.29, 1.82) is 0 Å². The molecule has 1 amide bonds. The Morgan fingerprint density at radius 1 is 1.47 bits per heavy atom. The molecule has 0 radical (unpaired) electrons. The Morgan fingerprint density at radius 2 is 2.40 bits per heavy atom. The van der Waals surface area contributed by atoms with Gasteiger partial charge in [0, 0.05) is 12.2 Å². The van der Waals surface area contributed by atoms with Gasteiger partial charge in [-0.2, -0.15) is 0 Å². The number of rotatable bonds is 5. The van der Waals surface area contributed by atoms with Gasteiger partial charge in [-0.25, -0.2) is 9.97 Å². The van der Waals surface area contributed by atoms with Gasteiger partial charge in [0.15, 0.2) is 6.39 Å². The summed E-state index contributed by atoms with van der Waals surface area (Å²) in [5.74, 6) is 0. The van der Waals surface area contributed by atoms with Crippen molar-refractivity contribution in [1.82, 2.24) is 15.3 Å². The van der Waals surface area contributed by atoms with E-state index in [0.717, 1.165) is 24.1 Å². The normalized spacial score (nSPS) is 10.4. The second-order valence-electron chi connectivity index (χ2n) is 3.15. The van der Waals surface area contributed by atoms with Crippen LogP contribution in [0.25, 0.3) is 11.2 Å². The Bertz CT molecular complexity index is 453. The summed E-state index contributed by atoms with van der Waals surface area (Å²) < 4.78 is 5.09. The standard InChI is InChI=1S/C10H11N3O2/c14-6-11-5-1-2-8-3-4-9-10(13-8)15-7-12-9/h3-4,6-7H,1-2,5H2,(H,11,14). The number of nitrogens with zero attached hydrogens (tertiary/aromatic N) is 2. The minimum absolute atomic E-state index is 0.566. The van der Waals surface area contributed by atoms with Crippen LogP contribution >= 0.6 is 0 Å². The molecule has 2 aromatic rings. The summed E-state index contributed by atoms with van der Waals surface area (Å²) >= 11 is 0. The van der Waals surface area contributed by atoms with Gasteiger partial charge < -0.3 is 9.73 Å². The number of nitrogens with one attached hydrogen (secondary N) is 1. The predicted octanol–water partition coefficient (Wildman–Crippen LogP) is 0.901. The summed E-state index contributed by atoms with van der Waals surface area (Å²) in [6, 6.07) is 3.81. The number of carbonyl (C=O) groups excluding carboxylic acids is 1. The van der Waals surface area contributed by atoms with E-state index in [1.54, 1.807) is 0 Å². The molecule has 5 heteroatoms. The molecule has 0 saturated carbocycles. The molecule has 0 aliphatic rings. The fourth-order valence-electron chi connectivity index (χ4n) is 1.36. The molecule has 0 saturated heterocycles. The van der Waals surface area contributed by atoms with E-state index in [1.165, 1.54) is 6.39 Å². The van der Waals surface area contributed by atoms with Gasteiger partial charge in [0.1, 0.15) is 5.52 Å². The number of fused-ring (bicyclic) bond motifs is 1. The fourth-order valence-corrected chi connectivity index (χ4v) is 1.36. The molecule has 5 nitrogen and oxygen atoms in total. The number of amides is 1. The van der Waals surface area contributed by atoms with Gasteiger partial charge in [0.2, 0.25) is 12.1 Å². The average molecular weight is 205 g/mol. The third-order valence-electron chi connectivity index (χ3n) is 2.09. The largest absolute Gasteiger partial charge is 0.425 e. The first-order valence-electron chi connectivity index (χ1n) is 4.76. The topological polar surface area (TPSA) is 68.0 Å². The minimum atomic E-state index is 0.566. The smallest absolute Gasteiger partial charge is 0.246 e. The van der Waals surface area contributed by atoms with Crippen LogP contribution in [-0.2, 0) is 11.2 Å². The Balaban J connectivity index is 1.98. The van der Waals surface area contributed by atoms with Crippen molar-refractivity contribution in [3.63, 3.8) is 0 Å². The van der Waals surface area contributed by atoms with Crippen molar-refractivity contribution >= 4 is 17.6 Å². The molecule has 2 rings (SSSR count). The molecule has 0 spiro atoms. The SMILES string of the molecule is O=CNCCCc1ccc2ncoc2n1. The van der Waals surface area contributed by atoms with Gasteiger partial charge in [-0.3, -0.25) is 4.79 Å². The van der Waals surface area contributed by atoms with Crippen molar-refractivity contribution in [2.24, 2.45) is 0 Å². The van der Waals surface area contributed by atoms with Crippen LogP contribution in [-0.4, -0.2) is 22.9 Å². The molecule has 0 bridgehead atoms. The van der Waals surface area contributed by atoms with E-state index in [9.17, 15) is 4.79 Å². The van der Waals surface area contributed by atoms with Crippen LogP contribution in [0.2, 0.25) is 0 Å². The molecular formula is C10H11N3O2. The first-order valence-corrected chi connectivity index (χ1v) is 4.76. The molecule has 0 atom stereocenters. The molecule has 1 N–H and O–H groups in total. The molecular weight excluding hydrogens is 194 g/mol. The second-order valence-corrected chi connectivity index (χ2v) is 3.15. The van der Waals surface area contributed by atoms with Crippen LogP contribution in [0.4, 0.5) is 0 Å². The monoisotopic (exact) mass is 205 g/mol. The van der Waals surface area contributed by atoms with Gasteiger partial charge in [0.05, 0.1) is 0 Å². The molecule has 2 heterocycles. The predicted molar refractivity (Wildman–Crippen MR) is 54.2 cm³/mol. The maximum Gasteiger partial charge on any atom is 0.246 e. The molecule has 0 aromatic carbocycles. The van der Waals surface area contributed by atoms with Crippen LogP contribution < -0.4 is 5.32 Å². The Hall–Kier alpha value is -1.91. The summed E-state index contributed by atoms with van der Waals surface area (Å²) in [6.45, 7) is 0.666. The van der Waals surface area contributed by atoms with Crippen molar-refractivity contribution in [3.8, 4) is 0 Å². The third-order valence-corrected chi connectivity index (χ3v) is 2.09. The van der Waals surface area contributed by atoms with E-state index in [-0.39, 0.29) is 0 Å². The third kappa shape index (κ3) is 2.31. The Labute approximate surface area is 86.5 Å². The van der Waals surface area contributed by atoms with Crippen LogP contribution in [0.15, 0.2) is 22.9 Å². The van der Waals surface area contributed by atoms with E-state index < -0.39 is 0 Å². The van der Waals surface area contributed by atoms with Gasteiger partial charge in [-0.1, -0.05) is 0 Å². The second kappa shape index (κ2) is 4.54. The van der Waals surface area contributed by atoms with Crippen LogP contribution in [0.5, 0.6) is 0 Å². The molecule has 0 fully saturated rings. The van der Waals surface area contributed by atoms with E-state index in [2.05, 4.69) is 15.3 Å². The van der Waals surface area contributed by atoms with E-state index in [1.807, 2.05) is 12.1 Å². The van der Waals surface area contributed by atoms with Crippen LogP contribution in [0, 0.1) is 0 Å². The summed E-state index contributed by atoms with van der Waals surface area (Å²) in [5, 5.41) is 2.61. The summed E-state index contributed by atoms with van der Waals surface area (Å²) in [5.41, 5.74) is 2.28. The summed E-state index contributed by atoms with van der Waals surface area (Å²) in [4.78, 5) is 18.3. The number of aromatic nitrogens is 2. The summed E-state index contributed by atoms with van der Waals surface area (Å²) in [6.07, 6.45) is 3.77. The van der Waals surface area contributed by atoms with Gasteiger partial charge in [0.25, 0.3) is 0 Å². The highest BCUT2D eigenvalue weighted by Crippen LogP contribution is 2.10. The number of pyridine rings is 1. The molecule has 0 aliphatic carbocycles. The van der Waals surface area contributed by atoms with Gasteiger partial charge in [-0.15, -0.1) is 0 Å². The van der Waals surface area contributed by atoms with E-state index >= 15 is 0 Å². The lowest BCUT2D eigenvalue weighted by atomic mass is 10.2. The molecule has 15 heavy (non-hydrogen) atoms. The zero-order valence-electron chi connectivity index (χ0n) is 8.14. The first-order chi connectivity index (χ1) is 7.40. The number of hydrogen-bond donors (Lipinski definition) is 1. The minimum Gasteiger partial charge on any atom is -0.425 e. The van der Waals surface area contributed by atoms with Crippen LogP contribution in [0.1, 0.15) is 12.1 Å². The fraction of sp³-hybridized carbons (Fsp3) is 0.300. The lowest BCUT2D eigenvalue weighted by Crippen LogP contribution is -2.12. The van der Waals surface area contributed by atoms with E-state index in [0.29, 0.717) is 18.7 Å². The van der Waals surface area contributed by atoms with Crippen molar-refractivity contribution < 1.29 is 9.21 Å². The highest BCUT2D eigenvalue weighted by Gasteiger charge is 2.01. The highest BCUT2D eigenvalue weighted by molar-refractivity contribution is 5.67. The number of carbonyl (C=O) groups is 1. The molecule has 2 aromatic heterocycles. The maximum absolute atomic E-state index is 10.0.